The lowest BCUT2D eigenvalue weighted by atomic mass is 10.1. The average Bonchev–Trinajstić information content (AvgIpc) is 3.12. The molecular formula is C14H27N3O. The van der Waals surface area contributed by atoms with Crippen LogP contribution in [0.3, 0.4) is 0 Å². The predicted octanol–water partition coefficient (Wildman–Crippen LogP) is 0.929. The van der Waals surface area contributed by atoms with Crippen molar-refractivity contribution in [3.05, 3.63) is 0 Å². The van der Waals surface area contributed by atoms with Gasteiger partial charge in [0.1, 0.15) is 0 Å². The fraction of sp³-hybridized carbons (Fsp3) is 0.929. The maximum atomic E-state index is 12.0. The summed E-state index contributed by atoms with van der Waals surface area (Å²) in [6.45, 7) is 12.0. The van der Waals surface area contributed by atoms with Gasteiger partial charge in [-0.05, 0) is 46.1 Å². The van der Waals surface area contributed by atoms with Gasteiger partial charge in [-0.3, -0.25) is 9.69 Å². The highest BCUT2D eigenvalue weighted by Gasteiger charge is 2.27. The molecule has 18 heavy (non-hydrogen) atoms. The van der Waals surface area contributed by atoms with Gasteiger partial charge in [-0.15, -0.1) is 0 Å². The number of carbonyl (C=O) groups is 1. The van der Waals surface area contributed by atoms with Gasteiger partial charge in [0.25, 0.3) is 0 Å². The normalized spacial score (nSPS) is 22.3. The lowest BCUT2D eigenvalue weighted by molar-refractivity contribution is -0.132. The minimum Gasteiger partial charge on any atom is -0.339 e. The first-order valence-corrected chi connectivity index (χ1v) is 7.20. The standard InChI is InChI=1S/C14H27N3O/c1-14(2,3)17-8-6-16(7-9-17)13(18)11-15-10-12-4-5-12/h12,15H,4-11H2,1-3H3. The van der Waals surface area contributed by atoms with Gasteiger partial charge in [-0.2, -0.15) is 0 Å². The van der Waals surface area contributed by atoms with E-state index in [1.54, 1.807) is 0 Å². The quantitative estimate of drug-likeness (QED) is 0.809. The molecule has 1 N–H and O–H groups in total. The van der Waals surface area contributed by atoms with E-state index in [0.717, 1.165) is 38.6 Å². The molecule has 2 rings (SSSR count). The van der Waals surface area contributed by atoms with Crippen LogP contribution in [0.15, 0.2) is 0 Å². The third kappa shape index (κ3) is 3.95. The van der Waals surface area contributed by atoms with E-state index in [1.807, 2.05) is 4.90 Å². The minimum absolute atomic E-state index is 0.222. The van der Waals surface area contributed by atoms with E-state index in [9.17, 15) is 4.79 Å². The number of nitrogens with zero attached hydrogens (tertiary/aromatic N) is 2. The van der Waals surface area contributed by atoms with E-state index in [-0.39, 0.29) is 11.4 Å². The molecule has 1 aliphatic carbocycles. The van der Waals surface area contributed by atoms with Crippen LogP contribution in [0.25, 0.3) is 0 Å². The Bertz CT molecular complexity index is 286. The molecule has 1 aliphatic heterocycles. The highest BCUT2D eigenvalue weighted by molar-refractivity contribution is 5.78. The molecule has 1 saturated carbocycles. The lowest BCUT2D eigenvalue weighted by Gasteiger charge is -2.42. The SMILES string of the molecule is CC(C)(C)N1CCN(C(=O)CNCC2CC2)CC1. The molecule has 1 heterocycles. The van der Waals surface area contributed by atoms with Crippen LogP contribution in [-0.4, -0.2) is 60.5 Å². The monoisotopic (exact) mass is 253 g/mol. The van der Waals surface area contributed by atoms with Crippen molar-refractivity contribution in [2.24, 2.45) is 5.92 Å². The van der Waals surface area contributed by atoms with Crippen molar-refractivity contribution in [1.29, 1.82) is 0 Å². The molecule has 1 saturated heterocycles. The Labute approximate surface area is 111 Å². The number of rotatable bonds is 4. The van der Waals surface area contributed by atoms with Crippen molar-refractivity contribution in [2.75, 3.05) is 39.3 Å². The van der Waals surface area contributed by atoms with Crippen LogP contribution in [0, 0.1) is 5.92 Å². The zero-order chi connectivity index (χ0) is 13.2. The van der Waals surface area contributed by atoms with Crippen molar-refractivity contribution < 1.29 is 4.79 Å². The van der Waals surface area contributed by atoms with Crippen LogP contribution in [0.1, 0.15) is 33.6 Å². The largest absolute Gasteiger partial charge is 0.339 e. The smallest absolute Gasteiger partial charge is 0.236 e. The third-order valence-corrected chi connectivity index (χ3v) is 3.99. The van der Waals surface area contributed by atoms with Crippen molar-refractivity contribution in [3.8, 4) is 0 Å². The van der Waals surface area contributed by atoms with Crippen LogP contribution < -0.4 is 5.32 Å². The van der Waals surface area contributed by atoms with Crippen molar-refractivity contribution in [3.63, 3.8) is 0 Å². The molecule has 0 aromatic rings. The van der Waals surface area contributed by atoms with Crippen LogP contribution in [0.4, 0.5) is 0 Å². The Hall–Kier alpha value is -0.610. The molecule has 0 unspecified atom stereocenters. The van der Waals surface area contributed by atoms with E-state index in [2.05, 4.69) is 31.0 Å². The van der Waals surface area contributed by atoms with E-state index in [4.69, 9.17) is 0 Å². The molecule has 2 fully saturated rings. The van der Waals surface area contributed by atoms with E-state index in [0.29, 0.717) is 6.54 Å². The van der Waals surface area contributed by atoms with Gasteiger partial charge < -0.3 is 10.2 Å². The summed E-state index contributed by atoms with van der Waals surface area (Å²) in [5.74, 6) is 1.11. The van der Waals surface area contributed by atoms with Crippen LogP contribution in [-0.2, 0) is 4.79 Å². The molecule has 0 aromatic heterocycles. The van der Waals surface area contributed by atoms with Gasteiger partial charge in [0.15, 0.2) is 0 Å². The Morgan fingerprint density at radius 1 is 1.17 bits per heavy atom. The Balaban J connectivity index is 1.66. The fourth-order valence-electron chi connectivity index (χ4n) is 2.44. The second-order valence-corrected chi connectivity index (χ2v) is 6.61. The predicted molar refractivity (Wildman–Crippen MR) is 73.5 cm³/mol. The summed E-state index contributed by atoms with van der Waals surface area (Å²) >= 11 is 0. The Morgan fingerprint density at radius 2 is 1.78 bits per heavy atom. The molecule has 0 spiro atoms. The topological polar surface area (TPSA) is 35.6 Å². The lowest BCUT2D eigenvalue weighted by Crippen LogP contribution is -2.55. The van der Waals surface area contributed by atoms with E-state index < -0.39 is 0 Å². The fourth-order valence-corrected chi connectivity index (χ4v) is 2.44. The maximum absolute atomic E-state index is 12.0. The number of nitrogens with one attached hydrogen (secondary N) is 1. The second kappa shape index (κ2) is 5.57. The second-order valence-electron chi connectivity index (χ2n) is 6.61. The first kappa shape index (κ1) is 13.8. The number of hydrogen-bond acceptors (Lipinski definition) is 3. The zero-order valence-electron chi connectivity index (χ0n) is 12.0. The van der Waals surface area contributed by atoms with Crippen molar-refractivity contribution in [2.45, 2.75) is 39.2 Å². The van der Waals surface area contributed by atoms with Crippen molar-refractivity contribution >= 4 is 5.91 Å². The summed E-state index contributed by atoms with van der Waals surface area (Å²) in [4.78, 5) is 16.5. The van der Waals surface area contributed by atoms with Gasteiger partial charge in [0.05, 0.1) is 6.54 Å². The van der Waals surface area contributed by atoms with Crippen molar-refractivity contribution in [1.82, 2.24) is 15.1 Å². The number of piperazine rings is 1. The van der Waals surface area contributed by atoms with Crippen LogP contribution in [0.5, 0.6) is 0 Å². The molecule has 0 radical (unpaired) electrons. The molecule has 0 aromatic carbocycles. The van der Waals surface area contributed by atoms with Gasteiger partial charge >= 0.3 is 0 Å². The van der Waals surface area contributed by atoms with Gasteiger partial charge in [-0.1, -0.05) is 0 Å². The molecule has 1 amide bonds. The molecule has 0 atom stereocenters. The number of hydrogen-bond donors (Lipinski definition) is 1. The summed E-state index contributed by atoms with van der Waals surface area (Å²) in [6, 6.07) is 0. The Kier molecular flexibility index (Phi) is 4.28. The highest BCUT2D eigenvalue weighted by atomic mass is 16.2. The van der Waals surface area contributed by atoms with Gasteiger partial charge in [0, 0.05) is 31.7 Å². The number of amides is 1. The molecule has 2 aliphatic rings. The summed E-state index contributed by atoms with van der Waals surface area (Å²) < 4.78 is 0. The molecule has 4 heteroatoms. The van der Waals surface area contributed by atoms with Gasteiger partial charge in [0.2, 0.25) is 5.91 Å². The summed E-state index contributed by atoms with van der Waals surface area (Å²) in [6.07, 6.45) is 2.68. The third-order valence-electron chi connectivity index (χ3n) is 3.99. The molecule has 104 valence electrons. The average molecular weight is 253 g/mol. The first-order chi connectivity index (χ1) is 8.47. The summed E-state index contributed by atoms with van der Waals surface area (Å²) in [5, 5.41) is 3.28. The van der Waals surface area contributed by atoms with Crippen LogP contribution >= 0.6 is 0 Å². The molecular weight excluding hydrogens is 226 g/mol. The van der Waals surface area contributed by atoms with Crippen LogP contribution in [0.2, 0.25) is 0 Å². The summed E-state index contributed by atoms with van der Waals surface area (Å²) in [5.41, 5.74) is 0.222. The zero-order valence-corrected chi connectivity index (χ0v) is 12.0. The Morgan fingerprint density at radius 3 is 2.28 bits per heavy atom. The summed E-state index contributed by atoms with van der Waals surface area (Å²) in [7, 11) is 0. The van der Waals surface area contributed by atoms with E-state index >= 15 is 0 Å². The van der Waals surface area contributed by atoms with E-state index in [1.165, 1.54) is 12.8 Å². The van der Waals surface area contributed by atoms with Gasteiger partial charge in [-0.25, -0.2) is 0 Å². The molecule has 0 bridgehead atoms. The number of carbonyl (C=O) groups excluding carboxylic acids is 1. The maximum Gasteiger partial charge on any atom is 0.236 e. The first-order valence-electron chi connectivity index (χ1n) is 7.20. The molecule has 4 nitrogen and oxygen atoms in total. The highest BCUT2D eigenvalue weighted by Crippen LogP contribution is 2.27. The minimum atomic E-state index is 0.222.